The third-order valence-electron chi connectivity index (χ3n) is 6.93. The summed E-state index contributed by atoms with van der Waals surface area (Å²) in [5, 5.41) is 16.8. The quantitative estimate of drug-likeness (QED) is 0.176. The van der Waals surface area contributed by atoms with Gasteiger partial charge < -0.3 is 20.9 Å². The molecule has 1 saturated carbocycles. The minimum atomic E-state index is -1.20. The van der Waals surface area contributed by atoms with Crippen molar-refractivity contribution in [3.05, 3.63) is 48.2 Å². The summed E-state index contributed by atoms with van der Waals surface area (Å²) in [5.41, 5.74) is 8.00. The molecule has 0 bridgehead atoms. The smallest absolute Gasteiger partial charge is 0.323 e. The Bertz CT molecular complexity index is 1130. The highest BCUT2D eigenvalue weighted by molar-refractivity contribution is 8.14. The second kappa shape index (κ2) is 13.9. The van der Waals surface area contributed by atoms with Gasteiger partial charge in [-0.05, 0) is 49.4 Å². The average molecular weight is 557 g/mol. The first-order valence-corrected chi connectivity index (χ1v) is 14.3. The fourth-order valence-corrected chi connectivity index (χ4v) is 5.71. The van der Waals surface area contributed by atoms with Crippen LogP contribution in [0.4, 0.5) is 5.69 Å². The van der Waals surface area contributed by atoms with Gasteiger partial charge in [0.2, 0.25) is 5.91 Å². The van der Waals surface area contributed by atoms with Crippen LogP contribution in [0.3, 0.4) is 0 Å². The number of nitrogens with one attached hydrogen (secondary N) is 2. The summed E-state index contributed by atoms with van der Waals surface area (Å²) in [6, 6.07) is 10.3. The zero-order valence-corrected chi connectivity index (χ0v) is 23.9. The molecule has 212 valence electrons. The molecular formula is C29H40N4O5S. The number of nitrogen functional groups attached to an aromatic ring is 1. The molecule has 1 fully saturated rings. The van der Waals surface area contributed by atoms with Crippen LogP contribution in [-0.2, 0) is 25.5 Å². The highest BCUT2D eigenvalue weighted by Crippen LogP contribution is 2.34. The standard InChI is InChI=1S/C29H40N4O5S/c1-5-38-27(36)24(15-20-11-12-23(31-17-20)21-9-8-10-22(30)16-21)32-28(37)29(13-6-7-14-29)33-26(35)25(18(2)3)39-19(4)34/h8-12,16-18,24-25,28,32,37H,5-7,13-15,30H2,1-4H3,(H,33,35)/t24?,25-,28?/m0/s1. The first kappa shape index (κ1) is 30.6. The molecule has 3 rings (SSSR count). The van der Waals surface area contributed by atoms with Crippen molar-refractivity contribution in [2.75, 3.05) is 12.3 Å². The van der Waals surface area contributed by atoms with Gasteiger partial charge in [0.15, 0.2) is 5.12 Å². The van der Waals surface area contributed by atoms with Crippen molar-refractivity contribution < 1.29 is 24.2 Å². The topological polar surface area (TPSA) is 144 Å². The Kier molecular flexibility index (Phi) is 10.9. The maximum absolute atomic E-state index is 13.2. The number of nitrogens with two attached hydrogens (primary N) is 1. The predicted molar refractivity (Wildman–Crippen MR) is 154 cm³/mol. The van der Waals surface area contributed by atoms with E-state index in [1.54, 1.807) is 13.1 Å². The molecule has 3 atom stereocenters. The van der Waals surface area contributed by atoms with Gasteiger partial charge in [0.25, 0.3) is 0 Å². The van der Waals surface area contributed by atoms with E-state index < -0.39 is 29.0 Å². The van der Waals surface area contributed by atoms with Crippen molar-refractivity contribution in [2.45, 2.75) is 82.9 Å². The van der Waals surface area contributed by atoms with E-state index in [1.807, 2.05) is 50.2 Å². The molecule has 39 heavy (non-hydrogen) atoms. The van der Waals surface area contributed by atoms with Gasteiger partial charge in [-0.25, -0.2) is 0 Å². The third kappa shape index (κ3) is 8.27. The fraction of sp³-hybridized carbons (Fsp3) is 0.517. The lowest BCUT2D eigenvalue weighted by atomic mass is 9.93. The minimum absolute atomic E-state index is 0.0717. The Morgan fingerprint density at radius 3 is 2.46 bits per heavy atom. The lowest BCUT2D eigenvalue weighted by Gasteiger charge is -2.38. The van der Waals surface area contributed by atoms with Gasteiger partial charge in [0, 0.05) is 30.8 Å². The molecule has 0 saturated heterocycles. The summed E-state index contributed by atoms with van der Waals surface area (Å²) in [6.45, 7) is 7.14. The molecule has 0 radical (unpaired) electrons. The number of carbonyl (C=O) groups is 3. The van der Waals surface area contributed by atoms with Gasteiger partial charge in [-0.2, -0.15) is 0 Å². The molecule has 0 aliphatic heterocycles. The number of thioether (sulfide) groups is 1. The van der Waals surface area contributed by atoms with Crippen molar-refractivity contribution in [3.8, 4) is 11.3 Å². The Hall–Kier alpha value is -2.95. The monoisotopic (exact) mass is 556 g/mol. The minimum Gasteiger partial charge on any atom is -0.465 e. The summed E-state index contributed by atoms with van der Waals surface area (Å²) in [6.07, 6.45) is 3.48. The van der Waals surface area contributed by atoms with E-state index in [4.69, 9.17) is 10.5 Å². The number of hydrogen-bond acceptors (Lipinski definition) is 9. The van der Waals surface area contributed by atoms with Crippen molar-refractivity contribution >= 4 is 34.4 Å². The van der Waals surface area contributed by atoms with Gasteiger partial charge in [0.1, 0.15) is 12.3 Å². The number of rotatable bonds is 12. The number of ether oxygens (including phenoxy) is 1. The van der Waals surface area contributed by atoms with Crippen LogP contribution in [0.25, 0.3) is 11.3 Å². The maximum Gasteiger partial charge on any atom is 0.323 e. The SMILES string of the molecule is CCOC(=O)C(Cc1ccc(-c2cccc(N)c2)nc1)NC(O)C1(NC(=O)[C@@H](SC(C)=O)C(C)C)CCCC1. The second-order valence-electron chi connectivity index (χ2n) is 10.4. The number of anilines is 1. The molecule has 1 amide bonds. The van der Waals surface area contributed by atoms with Crippen LogP contribution in [0.15, 0.2) is 42.6 Å². The summed E-state index contributed by atoms with van der Waals surface area (Å²) < 4.78 is 5.30. The summed E-state index contributed by atoms with van der Waals surface area (Å²) in [4.78, 5) is 42.4. The van der Waals surface area contributed by atoms with E-state index in [0.29, 0.717) is 18.5 Å². The molecule has 1 aromatic heterocycles. The van der Waals surface area contributed by atoms with Crippen molar-refractivity contribution in [3.63, 3.8) is 0 Å². The number of aliphatic hydroxyl groups is 1. The van der Waals surface area contributed by atoms with E-state index in [1.165, 1.54) is 6.92 Å². The number of benzene rings is 1. The van der Waals surface area contributed by atoms with Crippen LogP contribution in [0.5, 0.6) is 0 Å². The molecule has 1 aliphatic carbocycles. The molecule has 1 aliphatic rings. The van der Waals surface area contributed by atoms with Crippen LogP contribution in [0.2, 0.25) is 0 Å². The van der Waals surface area contributed by atoms with Crippen LogP contribution in [0.1, 0.15) is 58.9 Å². The Morgan fingerprint density at radius 2 is 1.90 bits per heavy atom. The lowest BCUT2D eigenvalue weighted by molar-refractivity contribution is -0.147. The molecule has 9 nitrogen and oxygen atoms in total. The molecule has 1 heterocycles. The average Bonchev–Trinajstić information content (AvgIpc) is 3.36. The molecule has 10 heteroatoms. The van der Waals surface area contributed by atoms with Crippen LogP contribution in [-0.4, -0.2) is 56.7 Å². The Labute approximate surface area is 234 Å². The second-order valence-corrected chi connectivity index (χ2v) is 11.7. The van der Waals surface area contributed by atoms with Crippen molar-refractivity contribution in [1.29, 1.82) is 0 Å². The van der Waals surface area contributed by atoms with Gasteiger partial charge in [0.05, 0.1) is 23.1 Å². The summed E-state index contributed by atoms with van der Waals surface area (Å²) >= 11 is 0.996. The Morgan fingerprint density at radius 1 is 1.18 bits per heavy atom. The van der Waals surface area contributed by atoms with E-state index in [0.717, 1.165) is 41.4 Å². The van der Waals surface area contributed by atoms with Gasteiger partial charge in [-0.15, -0.1) is 0 Å². The van der Waals surface area contributed by atoms with Crippen LogP contribution >= 0.6 is 11.8 Å². The number of esters is 1. The van der Waals surface area contributed by atoms with Crippen LogP contribution < -0.4 is 16.4 Å². The summed E-state index contributed by atoms with van der Waals surface area (Å²) in [5.74, 6) is -0.859. The molecule has 5 N–H and O–H groups in total. The number of nitrogens with zero attached hydrogens (tertiary/aromatic N) is 1. The van der Waals surface area contributed by atoms with E-state index in [9.17, 15) is 19.5 Å². The lowest BCUT2D eigenvalue weighted by Crippen LogP contribution is -2.64. The molecule has 2 unspecified atom stereocenters. The summed E-state index contributed by atoms with van der Waals surface area (Å²) in [7, 11) is 0. The highest BCUT2D eigenvalue weighted by Gasteiger charge is 2.45. The molecule has 0 spiro atoms. The van der Waals surface area contributed by atoms with Gasteiger partial charge in [-0.1, -0.05) is 56.7 Å². The maximum atomic E-state index is 13.2. The molecular weight excluding hydrogens is 516 g/mol. The normalized spacial score (nSPS) is 16.9. The van der Waals surface area contributed by atoms with Gasteiger partial charge >= 0.3 is 5.97 Å². The predicted octanol–water partition coefficient (Wildman–Crippen LogP) is 3.45. The van der Waals surface area contributed by atoms with E-state index >= 15 is 0 Å². The Balaban J connectivity index is 1.78. The van der Waals surface area contributed by atoms with Gasteiger partial charge in [-0.3, -0.25) is 24.7 Å². The first-order chi connectivity index (χ1) is 18.5. The zero-order chi connectivity index (χ0) is 28.6. The van der Waals surface area contributed by atoms with Crippen molar-refractivity contribution in [2.24, 2.45) is 5.92 Å². The third-order valence-corrected chi connectivity index (χ3v) is 8.27. The largest absolute Gasteiger partial charge is 0.465 e. The fourth-order valence-electron chi connectivity index (χ4n) is 4.91. The van der Waals surface area contributed by atoms with Crippen LogP contribution in [0, 0.1) is 5.92 Å². The number of aromatic nitrogens is 1. The number of carbonyl (C=O) groups excluding carboxylic acids is 3. The highest BCUT2D eigenvalue weighted by atomic mass is 32.2. The number of amides is 1. The number of hydrogen-bond donors (Lipinski definition) is 4. The molecule has 1 aromatic carbocycles. The van der Waals surface area contributed by atoms with E-state index in [-0.39, 0.29) is 30.0 Å². The molecule has 2 aromatic rings. The number of aliphatic hydroxyl groups excluding tert-OH is 1. The zero-order valence-electron chi connectivity index (χ0n) is 23.1. The van der Waals surface area contributed by atoms with Crippen molar-refractivity contribution in [1.82, 2.24) is 15.6 Å². The number of pyridine rings is 1. The first-order valence-electron chi connectivity index (χ1n) is 13.5. The van der Waals surface area contributed by atoms with E-state index in [2.05, 4.69) is 15.6 Å².